The molecular weight excluding hydrogens is 372 g/mol. The number of methoxy groups -OCH3 is 2. The molecule has 150 valence electrons. The second-order valence-corrected chi connectivity index (χ2v) is 7.09. The largest absolute Gasteiger partial charge is 0.493 e. The van der Waals surface area contributed by atoms with E-state index in [1.54, 1.807) is 38.5 Å². The number of ether oxygens (including phenoxy) is 2. The normalized spacial score (nSPS) is 13.9. The summed E-state index contributed by atoms with van der Waals surface area (Å²) in [5.41, 5.74) is 2.77. The van der Waals surface area contributed by atoms with E-state index in [1.807, 2.05) is 12.1 Å². The second-order valence-electron chi connectivity index (χ2n) is 7.09. The molecule has 1 aliphatic rings. The lowest BCUT2D eigenvalue weighted by molar-refractivity contribution is 0.0688. The molecule has 0 spiro atoms. The first-order valence-corrected chi connectivity index (χ1v) is 9.35. The number of nitrogens with zero attached hydrogens (tertiary/aromatic N) is 1. The van der Waals surface area contributed by atoms with E-state index in [-0.39, 0.29) is 23.2 Å². The number of aromatic amines is 1. The van der Waals surface area contributed by atoms with E-state index in [0.29, 0.717) is 35.5 Å². The van der Waals surface area contributed by atoms with Gasteiger partial charge in [0.15, 0.2) is 16.9 Å². The molecule has 2 heterocycles. The number of carbonyl (C=O) groups is 1. The van der Waals surface area contributed by atoms with Crippen LogP contribution in [0.2, 0.25) is 0 Å². The standard InChI is InChI=1S/C22H22N2O5/c1-28-18-9-13-7-8-24(11-14(13)10-19(18)29-2)12-16-20(22(26)27)23-17-6-4-3-5-15(17)21(16)25/h3-6,9-10H,7-8,11-12H2,1-2H3,(H,23,25)(H,26,27). The number of rotatable bonds is 5. The van der Waals surface area contributed by atoms with Crippen LogP contribution < -0.4 is 14.9 Å². The third kappa shape index (κ3) is 3.45. The van der Waals surface area contributed by atoms with Crippen molar-refractivity contribution in [3.05, 3.63) is 69.0 Å². The van der Waals surface area contributed by atoms with Gasteiger partial charge >= 0.3 is 5.97 Å². The number of nitrogens with one attached hydrogen (secondary N) is 1. The average Bonchev–Trinajstić information content (AvgIpc) is 2.74. The summed E-state index contributed by atoms with van der Waals surface area (Å²) in [6.07, 6.45) is 0.781. The molecule has 1 aromatic heterocycles. The molecular formula is C22H22N2O5. The van der Waals surface area contributed by atoms with Crippen molar-refractivity contribution in [2.45, 2.75) is 19.5 Å². The minimum absolute atomic E-state index is 0.0493. The molecule has 0 fully saturated rings. The maximum atomic E-state index is 13.0. The summed E-state index contributed by atoms with van der Waals surface area (Å²) in [5.74, 6) is 0.216. The van der Waals surface area contributed by atoms with Crippen LogP contribution in [0.5, 0.6) is 11.5 Å². The molecule has 4 rings (SSSR count). The van der Waals surface area contributed by atoms with Crippen molar-refractivity contribution in [1.82, 2.24) is 9.88 Å². The monoisotopic (exact) mass is 394 g/mol. The molecule has 7 heteroatoms. The van der Waals surface area contributed by atoms with Crippen molar-refractivity contribution in [3.63, 3.8) is 0 Å². The van der Waals surface area contributed by atoms with Crippen molar-refractivity contribution in [2.24, 2.45) is 0 Å². The van der Waals surface area contributed by atoms with Gasteiger partial charge in [-0.3, -0.25) is 9.69 Å². The van der Waals surface area contributed by atoms with Crippen molar-refractivity contribution in [3.8, 4) is 11.5 Å². The Bertz CT molecular complexity index is 1150. The number of H-pyrrole nitrogens is 1. The number of para-hydroxylation sites is 1. The zero-order chi connectivity index (χ0) is 20.5. The molecule has 1 aliphatic heterocycles. The molecule has 7 nitrogen and oxygen atoms in total. The summed E-state index contributed by atoms with van der Waals surface area (Å²) in [6.45, 7) is 1.57. The first kappa shape index (κ1) is 19.0. The van der Waals surface area contributed by atoms with Gasteiger partial charge in [0.25, 0.3) is 0 Å². The summed E-state index contributed by atoms with van der Waals surface area (Å²) < 4.78 is 10.8. The summed E-state index contributed by atoms with van der Waals surface area (Å²) in [4.78, 5) is 29.8. The van der Waals surface area contributed by atoms with Gasteiger partial charge in [0.05, 0.1) is 14.2 Å². The predicted molar refractivity (Wildman–Crippen MR) is 109 cm³/mol. The Morgan fingerprint density at radius 1 is 1.14 bits per heavy atom. The van der Waals surface area contributed by atoms with Gasteiger partial charge in [-0.1, -0.05) is 12.1 Å². The van der Waals surface area contributed by atoms with Crippen LogP contribution in [0.1, 0.15) is 27.2 Å². The highest BCUT2D eigenvalue weighted by Gasteiger charge is 2.24. The van der Waals surface area contributed by atoms with E-state index in [9.17, 15) is 14.7 Å². The number of carboxylic acid groups (broad SMARTS) is 1. The minimum atomic E-state index is -1.13. The highest BCUT2D eigenvalue weighted by atomic mass is 16.5. The van der Waals surface area contributed by atoms with E-state index >= 15 is 0 Å². The molecule has 0 saturated heterocycles. The molecule has 0 aliphatic carbocycles. The maximum absolute atomic E-state index is 13.0. The number of hydrogen-bond donors (Lipinski definition) is 2. The summed E-state index contributed by atoms with van der Waals surface area (Å²) in [5, 5.41) is 10.1. The fourth-order valence-electron chi connectivity index (χ4n) is 3.91. The topological polar surface area (TPSA) is 91.9 Å². The average molecular weight is 394 g/mol. The molecule has 0 unspecified atom stereocenters. The highest BCUT2D eigenvalue weighted by molar-refractivity contribution is 5.91. The number of carboxylic acids is 1. The van der Waals surface area contributed by atoms with E-state index < -0.39 is 5.97 Å². The quantitative estimate of drug-likeness (QED) is 0.691. The van der Waals surface area contributed by atoms with Crippen molar-refractivity contribution in [2.75, 3.05) is 20.8 Å². The molecule has 2 aromatic carbocycles. The van der Waals surface area contributed by atoms with E-state index in [0.717, 1.165) is 12.0 Å². The Labute approximate surface area is 167 Å². The van der Waals surface area contributed by atoms with Crippen LogP contribution in [0, 0.1) is 0 Å². The number of aromatic nitrogens is 1. The molecule has 2 N–H and O–H groups in total. The minimum Gasteiger partial charge on any atom is -0.493 e. The highest BCUT2D eigenvalue weighted by Crippen LogP contribution is 2.33. The SMILES string of the molecule is COc1cc2c(cc1OC)CN(Cc1c(C(=O)O)[nH]c3ccccc3c1=O)CC2. The lowest BCUT2D eigenvalue weighted by atomic mass is 9.98. The number of benzene rings is 2. The maximum Gasteiger partial charge on any atom is 0.352 e. The molecule has 0 amide bonds. The number of aromatic carboxylic acids is 1. The van der Waals surface area contributed by atoms with Gasteiger partial charge in [-0.15, -0.1) is 0 Å². The smallest absolute Gasteiger partial charge is 0.352 e. The molecule has 29 heavy (non-hydrogen) atoms. The van der Waals surface area contributed by atoms with Gasteiger partial charge in [0.2, 0.25) is 0 Å². The Morgan fingerprint density at radius 3 is 2.52 bits per heavy atom. The van der Waals surface area contributed by atoms with Gasteiger partial charge < -0.3 is 19.6 Å². The van der Waals surface area contributed by atoms with Crippen molar-refractivity contribution in [1.29, 1.82) is 0 Å². The fraction of sp³-hybridized carbons (Fsp3) is 0.273. The molecule has 0 saturated carbocycles. The lowest BCUT2D eigenvalue weighted by Gasteiger charge is -2.29. The Morgan fingerprint density at radius 2 is 1.83 bits per heavy atom. The third-order valence-corrected chi connectivity index (χ3v) is 5.40. The first-order valence-electron chi connectivity index (χ1n) is 9.35. The summed E-state index contributed by atoms with van der Waals surface area (Å²) in [7, 11) is 3.21. The van der Waals surface area contributed by atoms with Crippen LogP contribution in [0.4, 0.5) is 0 Å². The fourth-order valence-corrected chi connectivity index (χ4v) is 3.91. The Hall–Kier alpha value is -3.32. The molecule has 0 atom stereocenters. The van der Waals surface area contributed by atoms with Gasteiger partial charge in [-0.2, -0.15) is 0 Å². The van der Waals surface area contributed by atoms with Crippen LogP contribution in [0.15, 0.2) is 41.2 Å². The Kier molecular flexibility index (Phi) is 4.98. The Balaban J connectivity index is 1.70. The number of fused-ring (bicyclic) bond motifs is 2. The van der Waals surface area contributed by atoms with Gasteiger partial charge in [0.1, 0.15) is 5.69 Å². The zero-order valence-electron chi connectivity index (χ0n) is 16.3. The van der Waals surface area contributed by atoms with Crippen molar-refractivity contribution < 1.29 is 19.4 Å². The van der Waals surface area contributed by atoms with Gasteiger partial charge in [-0.25, -0.2) is 4.79 Å². The van der Waals surface area contributed by atoms with E-state index in [1.165, 1.54) is 5.56 Å². The predicted octanol–water partition coefficient (Wildman–Crippen LogP) is 2.80. The molecule has 0 bridgehead atoms. The zero-order valence-corrected chi connectivity index (χ0v) is 16.3. The first-order chi connectivity index (χ1) is 14.0. The van der Waals surface area contributed by atoms with Crippen LogP contribution in [-0.4, -0.2) is 41.7 Å². The third-order valence-electron chi connectivity index (χ3n) is 5.40. The lowest BCUT2D eigenvalue weighted by Crippen LogP contribution is -2.33. The summed E-state index contributed by atoms with van der Waals surface area (Å²) >= 11 is 0. The van der Waals surface area contributed by atoms with Gasteiger partial charge in [0, 0.05) is 36.1 Å². The number of pyridine rings is 1. The number of hydrogen-bond acceptors (Lipinski definition) is 5. The molecule has 3 aromatic rings. The van der Waals surface area contributed by atoms with Gasteiger partial charge in [-0.05, 0) is 41.8 Å². The van der Waals surface area contributed by atoms with Crippen LogP contribution in [0.3, 0.4) is 0 Å². The van der Waals surface area contributed by atoms with E-state index in [2.05, 4.69) is 9.88 Å². The summed E-state index contributed by atoms with van der Waals surface area (Å²) in [6, 6.07) is 10.9. The van der Waals surface area contributed by atoms with Crippen LogP contribution in [-0.2, 0) is 19.5 Å². The van der Waals surface area contributed by atoms with Crippen molar-refractivity contribution >= 4 is 16.9 Å². The van der Waals surface area contributed by atoms with E-state index in [4.69, 9.17) is 9.47 Å². The van der Waals surface area contributed by atoms with Crippen LogP contribution in [0.25, 0.3) is 10.9 Å². The second kappa shape index (κ2) is 7.60. The van der Waals surface area contributed by atoms with Crippen LogP contribution >= 0.6 is 0 Å². The molecule has 0 radical (unpaired) electrons.